The van der Waals surface area contributed by atoms with E-state index in [4.69, 9.17) is 43.8 Å². The number of hydroxylamine groups is 4. The lowest BCUT2D eigenvalue weighted by molar-refractivity contribution is 0.168. The molecule has 12 heteroatoms. The van der Waals surface area contributed by atoms with Crippen LogP contribution in [0.5, 0.6) is 0 Å². The summed E-state index contributed by atoms with van der Waals surface area (Å²) in [4.78, 5) is 0. The summed E-state index contributed by atoms with van der Waals surface area (Å²) in [6.45, 7) is 26.2. The Kier molecular flexibility index (Phi) is 116. The highest BCUT2D eigenvalue weighted by Gasteiger charge is 1.88. The van der Waals surface area contributed by atoms with Crippen molar-refractivity contribution >= 4 is 0 Å². The van der Waals surface area contributed by atoms with Crippen LogP contribution in [0.1, 0.15) is 170 Å². The summed E-state index contributed by atoms with van der Waals surface area (Å²) in [5.41, 5.74) is 31.4. The van der Waals surface area contributed by atoms with Gasteiger partial charge in [0.2, 0.25) is 0 Å². The van der Waals surface area contributed by atoms with Crippen LogP contribution in [0.25, 0.3) is 0 Å². The van der Waals surface area contributed by atoms with E-state index in [2.05, 4.69) is 126 Å². The molecule has 0 heterocycles. The predicted molar refractivity (Wildman–Crippen MR) is 291 cm³/mol. The maximum Gasteiger partial charge on any atom is 0.0317 e. The topological polar surface area (TPSA) is 233 Å². The van der Waals surface area contributed by atoms with Gasteiger partial charge in [0.05, 0.1) is 0 Å². The summed E-state index contributed by atoms with van der Waals surface area (Å²) in [5.74, 6) is 11.9. The zero-order valence-electron chi connectivity index (χ0n) is 44.2. The molecule has 0 fully saturated rings. The van der Waals surface area contributed by atoms with Crippen molar-refractivity contribution in [3.63, 3.8) is 0 Å². The van der Waals surface area contributed by atoms with Crippen LogP contribution in [-0.2, 0) is 12.8 Å². The molecular weight excluding hydrogens is 825 g/mol. The van der Waals surface area contributed by atoms with Gasteiger partial charge in [0.25, 0.3) is 0 Å². The number of allylic oxidation sites excluding steroid dienone is 2. The smallest absolute Gasteiger partial charge is 0.0317 e. The second-order valence-corrected chi connectivity index (χ2v) is 13.7. The molecule has 0 saturated carbocycles. The Morgan fingerprint density at radius 1 is 0.409 bits per heavy atom. The Balaban J connectivity index is -0.0000000969. The Hall–Kier alpha value is -3.44. The van der Waals surface area contributed by atoms with Gasteiger partial charge in [-0.1, -0.05) is 180 Å². The number of nitrogens with one attached hydrogen (secondary N) is 4. The Morgan fingerprint density at radius 2 is 0.773 bits per heavy atom. The van der Waals surface area contributed by atoms with Crippen LogP contribution >= 0.6 is 0 Å². The highest BCUT2D eigenvalue weighted by molar-refractivity contribution is 5.15. The number of nitrogens with two attached hydrogens (primary N) is 4. The monoisotopic (exact) mass is 933 g/mol. The van der Waals surface area contributed by atoms with Crippen molar-refractivity contribution in [1.29, 1.82) is 0 Å². The van der Waals surface area contributed by atoms with Crippen LogP contribution < -0.4 is 44.9 Å². The third-order valence-corrected chi connectivity index (χ3v) is 6.43. The summed E-state index contributed by atoms with van der Waals surface area (Å²) >= 11 is 0. The van der Waals surface area contributed by atoms with E-state index >= 15 is 0 Å². The predicted octanol–water partition coefficient (Wildman–Crippen LogP) is 10.9. The fraction of sp³-hybridized carbons (Fsp3) is 0.630. The summed E-state index contributed by atoms with van der Waals surface area (Å²) in [6.07, 6.45) is 25.4. The molecule has 2 aromatic carbocycles. The third kappa shape index (κ3) is 119. The minimum Gasteiger partial charge on any atom is -0.331 e. The molecule has 0 aliphatic heterocycles. The minimum absolute atomic E-state index is 0.566. The number of hydrogen-bond acceptors (Lipinski definition) is 12. The fourth-order valence-electron chi connectivity index (χ4n) is 3.50. The maximum atomic E-state index is 8.28. The van der Waals surface area contributed by atoms with Gasteiger partial charge in [-0.15, -0.1) is 23.7 Å². The van der Waals surface area contributed by atoms with Gasteiger partial charge >= 0.3 is 0 Å². The van der Waals surface area contributed by atoms with E-state index < -0.39 is 0 Å². The molecule has 0 amide bonds. The van der Waals surface area contributed by atoms with Crippen molar-refractivity contribution in [2.24, 2.45) is 22.9 Å². The Morgan fingerprint density at radius 3 is 1.11 bits per heavy atom. The summed E-state index contributed by atoms with van der Waals surface area (Å²) in [5, 5.41) is 32.1. The van der Waals surface area contributed by atoms with E-state index in [-0.39, 0.29) is 0 Å². The van der Waals surface area contributed by atoms with Crippen molar-refractivity contribution in [2.45, 2.75) is 172 Å². The highest BCUT2D eigenvalue weighted by atomic mass is 16.5. The number of benzene rings is 2. The van der Waals surface area contributed by atoms with Crippen LogP contribution in [0.4, 0.5) is 0 Å². The van der Waals surface area contributed by atoms with Crippen molar-refractivity contribution in [3.05, 3.63) is 96.1 Å². The molecular formula is C54H108N8O4. The molecule has 0 aliphatic rings. The van der Waals surface area contributed by atoms with Gasteiger partial charge in [-0.3, -0.25) is 0 Å². The maximum absolute atomic E-state index is 8.28. The Bertz CT molecular complexity index is 1160. The average Bonchev–Trinajstić information content (AvgIpc) is 3.34. The van der Waals surface area contributed by atoms with Crippen LogP contribution in [0.3, 0.4) is 0 Å². The Labute approximate surface area is 408 Å². The molecule has 0 saturated heterocycles. The first-order chi connectivity index (χ1) is 32.2. The van der Waals surface area contributed by atoms with Gasteiger partial charge in [-0.2, -0.15) is 0 Å². The third-order valence-electron chi connectivity index (χ3n) is 6.43. The highest BCUT2D eigenvalue weighted by Crippen LogP contribution is 1.98. The SMILES string of the molecule is CCC.CCC.CCCC#CCCN.CCCC#CCCNO.CCCC=CCCN.CCCC=CCCNO.CCN.CCNO.NCCc1ccccc1.ONCCc1ccccc1. The fourth-order valence-corrected chi connectivity index (χ4v) is 3.50. The molecule has 66 heavy (non-hydrogen) atoms. The standard InChI is InChI=1S/C8H11NO.C8H11N.C7H15NO.C7H13NO.C7H15N.C7H13N.2C3H8.C2H7NO.C2H7N/c10-9-7-6-8-4-2-1-3-5-8;9-7-6-8-4-2-1-3-5-8;2*1-2-3-4-5-6-7-8-9;2*1-2-3-4-5-6-7-8;2*1-3-2;1-2-3-4;1-2-3/h1-5,9-10H,6-7H2;1-5H,6-7,9H2;4-5,8-9H,2-3,6-7H2,1H3;8-9H,2-3,6-7H2,1H3;4-5H,2-3,6-8H2,1H3;2-3,6-8H2,1H3;2*3H2,1-2H3;3-4H,2H2,1H3;2-3H2,1H3. The van der Waals surface area contributed by atoms with Crippen molar-refractivity contribution in [3.8, 4) is 23.7 Å². The van der Waals surface area contributed by atoms with Gasteiger partial charge in [0, 0.05) is 58.4 Å². The van der Waals surface area contributed by atoms with E-state index in [1.54, 1.807) is 0 Å². The van der Waals surface area contributed by atoms with Gasteiger partial charge < -0.3 is 43.8 Å². The zero-order chi connectivity index (χ0) is 51.7. The second-order valence-electron chi connectivity index (χ2n) is 13.7. The second kappa shape index (κ2) is 95.7. The van der Waals surface area contributed by atoms with E-state index in [1.165, 1.54) is 43.2 Å². The molecule has 0 aromatic heterocycles. The molecule has 12 nitrogen and oxygen atoms in total. The van der Waals surface area contributed by atoms with Gasteiger partial charge in [0.1, 0.15) is 0 Å². The molecule has 0 radical (unpaired) electrons. The normalized spacial score (nSPS) is 8.88. The van der Waals surface area contributed by atoms with Crippen molar-refractivity contribution in [2.75, 3.05) is 52.4 Å². The van der Waals surface area contributed by atoms with Crippen LogP contribution in [-0.4, -0.2) is 73.2 Å². The van der Waals surface area contributed by atoms with Crippen molar-refractivity contribution in [1.82, 2.24) is 21.9 Å². The summed E-state index contributed by atoms with van der Waals surface area (Å²) in [6, 6.07) is 20.3. The minimum atomic E-state index is 0.566. The summed E-state index contributed by atoms with van der Waals surface area (Å²) < 4.78 is 0. The lowest BCUT2D eigenvalue weighted by Crippen LogP contribution is -2.10. The molecule has 2 rings (SSSR count). The van der Waals surface area contributed by atoms with Gasteiger partial charge in [0.15, 0.2) is 0 Å². The average molecular weight is 934 g/mol. The molecule has 0 unspecified atom stereocenters. The van der Waals surface area contributed by atoms with Crippen LogP contribution in [0.2, 0.25) is 0 Å². The van der Waals surface area contributed by atoms with E-state index in [1.807, 2.05) is 73.3 Å². The lowest BCUT2D eigenvalue weighted by Gasteiger charge is -1.97. The van der Waals surface area contributed by atoms with Gasteiger partial charge in [-0.25, -0.2) is 21.9 Å². The van der Waals surface area contributed by atoms with Crippen LogP contribution in [0.15, 0.2) is 85.0 Å². The lowest BCUT2D eigenvalue weighted by atomic mass is 10.2. The molecule has 0 spiro atoms. The molecule has 388 valence electrons. The van der Waals surface area contributed by atoms with E-state index in [0.29, 0.717) is 32.7 Å². The molecule has 16 N–H and O–H groups in total. The first-order valence-electron chi connectivity index (χ1n) is 24.8. The first kappa shape index (κ1) is 79.6. The van der Waals surface area contributed by atoms with Gasteiger partial charge in [-0.05, 0) is 82.1 Å². The number of rotatable bonds is 20. The number of unbranched alkanes of at least 4 members (excludes halogenated alkanes) is 4. The van der Waals surface area contributed by atoms with Crippen molar-refractivity contribution < 1.29 is 20.8 Å². The zero-order valence-corrected chi connectivity index (χ0v) is 44.2. The molecule has 0 atom stereocenters. The quantitative estimate of drug-likeness (QED) is 0.0257. The van der Waals surface area contributed by atoms with E-state index in [9.17, 15) is 0 Å². The van der Waals surface area contributed by atoms with E-state index in [0.717, 1.165) is 90.3 Å². The molecule has 2 aromatic rings. The summed E-state index contributed by atoms with van der Waals surface area (Å²) in [7, 11) is 0. The van der Waals surface area contributed by atoms with Crippen LogP contribution in [0, 0.1) is 23.7 Å². The first-order valence-corrected chi connectivity index (χ1v) is 24.8. The molecule has 0 aliphatic carbocycles. The number of hydrogen-bond donors (Lipinski definition) is 12. The largest absolute Gasteiger partial charge is 0.331 e. The molecule has 0 bridgehead atoms.